The van der Waals surface area contributed by atoms with Gasteiger partial charge in [-0.15, -0.1) is 6.04 Å². The number of halogens is 2. The molecule has 0 unspecified atom stereocenters. The van der Waals surface area contributed by atoms with Crippen LogP contribution in [0.5, 0.6) is 0 Å². The highest BCUT2D eigenvalue weighted by atomic mass is 32.3. The summed E-state index contributed by atoms with van der Waals surface area (Å²) >= 11 is 0. The molecule has 1 aliphatic rings. The minimum Gasteiger partial charge on any atom is -0.743 e. The third-order valence-corrected chi connectivity index (χ3v) is 5.98. The summed E-state index contributed by atoms with van der Waals surface area (Å²) in [5.74, 6) is -0.669. The lowest BCUT2D eigenvalue weighted by molar-refractivity contribution is -0.144. The Balaban J connectivity index is 2.67. The Kier molecular flexibility index (Phi) is 5.65. The van der Waals surface area contributed by atoms with E-state index < -0.39 is 42.8 Å². The van der Waals surface area contributed by atoms with Crippen LogP contribution in [-0.4, -0.2) is 44.1 Å². The maximum absolute atomic E-state index is 13.1. The molecule has 1 aliphatic carbocycles. The van der Waals surface area contributed by atoms with Crippen molar-refractivity contribution in [2.45, 2.75) is 42.4 Å². The summed E-state index contributed by atoms with van der Waals surface area (Å²) in [7, 11) is -12.2. The number of carbonyl (C=O) groups excluding carboxylic acids is 1. The molecule has 0 amide bonds. The van der Waals surface area contributed by atoms with Gasteiger partial charge in [-0.1, -0.05) is 19.4 Å². The van der Waals surface area contributed by atoms with Crippen molar-refractivity contribution in [2.24, 2.45) is 0 Å². The van der Waals surface area contributed by atoms with E-state index in [9.17, 15) is 35.0 Å². The van der Waals surface area contributed by atoms with Crippen LogP contribution in [0.4, 0.5) is 8.78 Å². The van der Waals surface area contributed by atoms with Crippen molar-refractivity contribution in [2.75, 3.05) is 0 Å². The first-order valence-corrected chi connectivity index (χ1v) is 8.88. The number of sulfonamides is 1. The zero-order valence-electron chi connectivity index (χ0n) is 11.1. The molecular formula is C10H13F2NO7S2-2. The largest absolute Gasteiger partial charge is 0.743 e. The predicted octanol–water partition coefficient (Wildman–Crippen LogP) is 0.826. The molecule has 1 fully saturated rings. The van der Waals surface area contributed by atoms with Gasteiger partial charge in [0, 0.05) is 6.08 Å². The number of hydrogen-bond acceptors (Lipinski definition) is 7. The zero-order valence-corrected chi connectivity index (χ0v) is 12.8. The standard InChI is InChI=1S/C10H14F2NO7S2/c1-2-9(14)20-8-5-3-7(4-6-8)13-21(15,16)10(11,12)22(17,18)19/h2,7-8H,1,3-6H2,(H,17,18,19)/q-1/p-1. The first-order valence-electron chi connectivity index (χ1n) is 6.03. The number of ether oxygens (including phenoxy) is 1. The molecular weight excluding hydrogens is 348 g/mol. The highest BCUT2D eigenvalue weighted by Crippen LogP contribution is 2.36. The van der Waals surface area contributed by atoms with Crippen LogP contribution in [0.2, 0.25) is 0 Å². The highest BCUT2D eigenvalue weighted by Gasteiger charge is 2.47. The van der Waals surface area contributed by atoms with E-state index >= 15 is 0 Å². The molecule has 8 nitrogen and oxygen atoms in total. The molecule has 22 heavy (non-hydrogen) atoms. The Morgan fingerprint density at radius 3 is 2.14 bits per heavy atom. The zero-order chi connectivity index (χ0) is 17.2. The Bertz CT molecular complexity index is 636. The molecule has 12 heteroatoms. The molecule has 0 radical (unpaired) electrons. The fourth-order valence-electron chi connectivity index (χ4n) is 1.87. The molecule has 0 atom stereocenters. The van der Waals surface area contributed by atoms with Gasteiger partial charge >= 0.3 is 10.6 Å². The molecule has 1 rings (SSSR count). The topological polar surface area (TPSA) is 132 Å². The molecule has 0 aromatic rings. The average molecular weight is 361 g/mol. The second-order valence-electron chi connectivity index (χ2n) is 4.57. The molecule has 0 aromatic carbocycles. The van der Waals surface area contributed by atoms with Crippen molar-refractivity contribution in [3.8, 4) is 0 Å². The molecule has 0 heterocycles. The number of carbonyl (C=O) groups is 1. The first-order chi connectivity index (χ1) is 9.90. The van der Waals surface area contributed by atoms with Crippen molar-refractivity contribution in [3.05, 3.63) is 17.4 Å². The lowest BCUT2D eigenvalue weighted by Gasteiger charge is -2.39. The van der Waals surface area contributed by atoms with Crippen molar-refractivity contribution >= 4 is 26.1 Å². The summed E-state index contributed by atoms with van der Waals surface area (Å²) in [4.78, 5) is 11.0. The molecule has 1 saturated carbocycles. The van der Waals surface area contributed by atoms with Gasteiger partial charge in [-0.2, -0.15) is 8.78 Å². The summed E-state index contributed by atoms with van der Waals surface area (Å²) in [6.07, 6.45) is 0.730. The fraction of sp³-hybridized carbons (Fsp3) is 0.700. The summed E-state index contributed by atoms with van der Waals surface area (Å²) in [6.45, 7) is 3.20. The van der Waals surface area contributed by atoms with Crippen LogP contribution in [0.1, 0.15) is 25.7 Å². The maximum Gasteiger partial charge on any atom is 0.417 e. The van der Waals surface area contributed by atoms with E-state index in [2.05, 4.69) is 11.3 Å². The Morgan fingerprint density at radius 1 is 1.23 bits per heavy atom. The molecule has 0 saturated heterocycles. The highest BCUT2D eigenvalue weighted by molar-refractivity contribution is 8.08. The van der Waals surface area contributed by atoms with Crippen molar-refractivity contribution < 1.29 is 39.7 Å². The van der Waals surface area contributed by atoms with E-state index in [4.69, 9.17) is 4.74 Å². The number of rotatable bonds is 6. The van der Waals surface area contributed by atoms with Gasteiger partial charge in [-0.05, 0) is 12.8 Å². The number of esters is 1. The minimum absolute atomic E-state index is 0.0106. The first kappa shape index (κ1) is 18.9. The van der Waals surface area contributed by atoms with Crippen molar-refractivity contribution in [1.82, 2.24) is 0 Å². The number of hydrogen-bond donors (Lipinski definition) is 0. The average Bonchev–Trinajstić information content (AvgIpc) is 2.39. The van der Waals surface area contributed by atoms with Gasteiger partial charge in [0.15, 0.2) is 20.1 Å². The SMILES string of the molecule is C=CC(=O)OC1CCC([N-]S(=O)(=O)C(F)(F)S(=O)(=O)[O-])CC1. The normalized spacial score (nSPS) is 23.8. The van der Waals surface area contributed by atoms with Crippen LogP contribution in [0, 0.1) is 0 Å². The summed E-state index contributed by atoms with van der Waals surface area (Å²) in [5, 5.41) is 0. The van der Waals surface area contributed by atoms with Gasteiger partial charge in [0.2, 0.25) is 0 Å². The third kappa shape index (κ3) is 4.21. The van der Waals surface area contributed by atoms with E-state index in [1.165, 1.54) is 0 Å². The van der Waals surface area contributed by atoms with Gasteiger partial charge in [-0.25, -0.2) is 21.6 Å². The summed E-state index contributed by atoms with van der Waals surface area (Å²) in [5.41, 5.74) is 0. The maximum atomic E-state index is 13.1. The minimum atomic E-state index is -6.39. The number of alkyl halides is 2. The molecule has 0 aliphatic heterocycles. The van der Waals surface area contributed by atoms with E-state index in [1.54, 1.807) is 0 Å². The van der Waals surface area contributed by atoms with Crippen LogP contribution in [0.3, 0.4) is 0 Å². The lowest BCUT2D eigenvalue weighted by Crippen LogP contribution is -2.39. The molecule has 0 aromatic heterocycles. The van der Waals surface area contributed by atoms with Crippen molar-refractivity contribution in [3.63, 3.8) is 0 Å². The van der Waals surface area contributed by atoms with Gasteiger partial charge < -0.3 is 14.0 Å². The summed E-state index contributed by atoms with van der Waals surface area (Å²) < 4.78 is 82.0. The van der Waals surface area contributed by atoms with E-state index in [-0.39, 0.29) is 25.7 Å². The van der Waals surface area contributed by atoms with Gasteiger partial charge in [0.05, 0.1) is 0 Å². The van der Waals surface area contributed by atoms with Crippen LogP contribution in [0.25, 0.3) is 4.72 Å². The Labute approximate surface area is 126 Å². The quantitative estimate of drug-likeness (QED) is 0.389. The van der Waals surface area contributed by atoms with Crippen LogP contribution >= 0.6 is 0 Å². The third-order valence-electron chi connectivity index (χ3n) is 2.97. The van der Waals surface area contributed by atoms with Crippen LogP contribution in [-0.2, 0) is 29.7 Å². The molecule has 0 bridgehead atoms. The molecule has 0 N–H and O–H groups in total. The lowest BCUT2D eigenvalue weighted by atomic mass is 9.94. The molecule has 128 valence electrons. The Hall–Kier alpha value is -1.11. The number of nitrogens with zero attached hydrogens (tertiary/aromatic N) is 1. The Morgan fingerprint density at radius 2 is 1.73 bits per heavy atom. The monoisotopic (exact) mass is 361 g/mol. The van der Waals surface area contributed by atoms with Gasteiger partial charge in [0.1, 0.15) is 6.10 Å². The van der Waals surface area contributed by atoms with Crippen molar-refractivity contribution in [1.29, 1.82) is 0 Å². The van der Waals surface area contributed by atoms with Gasteiger partial charge in [-0.3, -0.25) is 0 Å². The van der Waals surface area contributed by atoms with Gasteiger partial charge in [0.25, 0.3) is 0 Å². The van der Waals surface area contributed by atoms with Crippen LogP contribution in [0.15, 0.2) is 12.7 Å². The predicted molar refractivity (Wildman–Crippen MR) is 69.3 cm³/mol. The smallest absolute Gasteiger partial charge is 0.417 e. The second-order valence-corrected chi connectivity index (χ2v) is 7.92. The van der Waals surface area contributed by atoms with E-state index in [0.717, 1.165) is 6.08 Å². The van der Waals surface area contributed by atoms with Crippen LogP contribution < -0.4 is 0 Å². The summed E-state index contributed by atoms with van der Waals surface area (Å²) in [6, 6.07) is -1.10. The van der Waals surface area contributed by atoms with E-state index in [0.29, 0.717) is 0 Å². The fourth-order valence-corrected chi connectivity index (χ4v) is 3.75. The van der Waals surface area contributed by atoms with E-state index in [1.807, 2.05) is 0 Å². The second kappa shape index (κ2) is 6.56. The molecule has 0 spiro atoms.